The van der Waals surface area contributed by atoms with E-state index in [1.165, 1.54) is 17.4 Å². The number of aldehydes is 1. The number of fused-ring (bicyclic) bond motifs is 1. The Labute approximate surface area is 123 Å². The van der Waals surface area contributed by atoms with Crippen LogP contribution in [0.1, 0.15) is 32.8 Å². The first-order valence-corrected chi connectivity index (χ1v) is 7.30. The second-order valence-electron chi connectivity index (χ2n) is 5.01. The number of aryl methyl sites for hydroxylation is 1. The van der Waals surface area contributed by atoms with Gasteiger partial charge in [0.15, 0.2) is 6.29 Å². The van der Waals surface area contributed by atoms with Crippen molar-refractivity contribution in [2.75, 3.05) is 5.73 Å². The molecule has 1 aliphatic rings. The van der Waals surface area contributed by atoms with Crippen LogP contribution in [0.2, 0.25) is 0 Å². The van der Waals surface area contributed by atoms with Crippen molar-refractivity contribution in [1.82, 2.24) is 0 Å². The van der Waals surface area contributed by atoms with Crippen molar-refractivity contribution < 1.29 is 18.0 Å². The fraction of sp³-hybridized carbons (Fsp3) is 0.267. The largest absolute Gasteiger partial charge is 0.416 e. The van der Waals surface area contributed by atoms with Crippen LogP contribution in [0.4, 0.5) is 18.2 Å². The molecular formula is C15H12F3NOS. The lowest BCUT2D eigenvalue weighted by Crippen LogP contribution is -2.06. The molecule has 2 nitrogen and oxygen atoms in total. The van der Waals surface area contributed by atoms with Gasteiger partial charge in [-0.1, -0.05) is 6.07 Å². The molecule has 0 saturated carbocycles. The van der Waals surface area contributed by atoms with Crippen LogP contribution in [0.5, 0.6) is 0 Å². The Kier molecular flexibility index (Phi) is 3.28. The van der Waals surface area contributed by atoms with Crippen molar-refractivity contribution in [3.8, 4) is 11.1 Å². The van der Waals surface area contributed by atoms with Crippen LogP contribution in [-0.2, 0) is 19.0 Å². The van der Waals surface area contributed by atoms with E-state index in [9.17, 15) is 18.0 Å². The lowest BCUT2D eigenvalue weighted by Gasteiger charge is -2.12. The number of halogens is 3. The molecule has 0 spiro atoms. The summed E-state index contributed by atoms with van der Waals surface area (Å²) in [6, 6.07) is 3.17. The van der Waals surface area contributed by atoms with Crippen molar-refractivity contribution >= 4 is 22.6 Å². The smallest absolute Gasteiger partial charge is 0.390 e. The molecule has 1 aromatic heterocycles. The van der Waals surface area contributed by atoms with Crippen molar-refractivity contribution in [1.29, 1.82) is 0 Å². The minimum Gasteiger partial charge on any atom is -0.390 e. The molecule has 1 aliphatic carbocycles. The van der Waals surface area contributed by atoms with E-state index in [-0.39, 0.29) is 11.1 Å². The third kappa shape index (κ3) is 2.33. The first kappa shape index (κ1) is 14.1. The van der Waals surface area contributed by atoms with Crippen LogP contribution in [-0.4, -0.2) is 6.29 Å². The van der Waals surface area contributed by atoms with Gasteiger partial charge in [-0.05, 0) is 42.5 Å². The topological polar surface area (TPSA) is 43.1 Å². The number of carbonyl (C=O) groups excluding carboxylic acids is 1. The normalized spacial score (nSPS) is 14.2. The zero-order valence-corrected chi connectivity index (χ0v) is 11.8. The van der Waals surface area contributed by atoms with Gasteiger partial charge in [0.05, 0.1) is 10.6 Å². The summed E-state index contributed by atoms with van der Waals surface area (Å²) in [5.74, 6) is 0. The second kappa shape index (κ2) is 4.87. The van der Waals surface area contributed by atoms with Gasteiger partial charge >= 0.3 is 6.18 Å². The average Bonchev–Trinajstić information content (AvgIpc) is 2.96. The summed E-state index contributed by atoms with van der Waals surface area (Å²) in [4.78, 5) is 12.3. The lowest BCUT2D eigenvalue weighted by atomic mass is 9.95. The molecule has 3 rings (SSSR count). The highest BCUT2D eigenvalue weighted by atomic mass is 32.1. The summed E-state index contributed by atoms with van der Waals surface area (Å²) in [7, 11) is 0. The minimum atomic E-state index is -4.44. The number of nitrogens with two attached hydrogens (primary N) is 1. The Morgan fingerprint density at radius 2 is 2.00 bits per heavy atom. The maximum Gasteiger partial charge on any atom is 0.416 e. The molecule has 0 atom stereocenters. The highest BCUT2D eigenvalue weighted by molar-refractivity contribution is 7.16. The van der Waals surface area contributed by atoms with E-state index in [0.29, 0.717) is 16.9 Å². The van der Waals surface area contributed by atoms with E-state index in [2.05, 4.69) is 0 Å². The molecule has 1 heterocycles. The molecule has 21 heavy (non-hydrogen) atoms. The zero-order chi connectivity index (χ0) is 15.2. The second-order valence-corrected chi connectivity index (χ2v) is 6.15. The maximum atomic E-state index is 12.9. The van der Waals surface area contributed by atoms with Crippen LogP contribution in [0.3, 0.4) is 0 Å². The Bertz CT molecular complexity index is 718. The maximum absolute atomic E-state index is 12.9. The summed E-state index contributed by atoms with van der Waals surface area (Å²) in [6.07, 6.45) is -1.19. The summed E-state index contributed by atoms with van der Waals surface area (Å²) in [5.41, 5.74) is 7.36. The first-order chi connectivity index (χ1) is 9.91. The lowest BCUT2D eigenvalue weighted by molar-refractivity contribution is -0.137. The molecule has 0 bridgehead atoms. The third-order valence-corrected chi connectivity index (χ3v) is 4.85. The minimum absolute atomic E-state index is 0.238. The van der Waals surface area contributed by atoms with Gasteiger partial charge < -0.3 is 5.73 Å². The molecule has 2 N–H and O–H groups in total. The zero-order valence-electron chi connectivity index (χ0n) is 11.0. The molecule has 0 radical (unpaired) electrons. The Balaban J connectivity index is 2.24. The first-order valence-electron chi connectivity index (χ1n) is 6.48. The van der Waals surface area contributed by atoms with Crippen LogP contribution >= 0.6 is 11.3 Å². The van der Waals surface area contributed by atoms with Gasteiger partial charge in [0, 0.05) is 16.0 Å². The number of benzene rings is 1. The summed E-state index contributed by atoms with van der Waals surface area (Å²) >= 11 is 1.41. The van der Waals surface area contributed by atoms with E-state index in [0.717, 1.165) is 41.8 Å². The van der Waals surface area contributed by atoms with E-state index in [1.54, 1.807) is 0 Å². The highest BCUT2D eigenvalue weighted by Gasteiger charge is 2.32. The van der Waals surface area contributed by atoms with Crippen LogP contribution < -0.4 is 5.73 Å². The number of thiophene rings is 1. The monoisotopic (exact) mass is 311 g/mol. The number of anilines is 1. The fourth-order valence-corrected chi connectivity index (χ4v) is 3.95. The number of alkyl halides is 3. The Morgan fingerprint density at radius 3 is 2.67 bits per heavy atom. The quantitative estimate of drug-likeness (QED) is 0.839. The molecule has 110 valence electrons. The molecule has 0 fully saturated rings. The van der Waals surface area contributed by atoms with Gasteiger partial charge in [0.25, 0.3) is 0 Å². The standard InChI is InChI=1S/C15H12F3NOS/c16-15(17,18)9-5-4-8(7-20)11(6-9)13-10-2-1-3-12(10)21-14(13)19/h4-7H,1-3,19H2. The van der Waals surface area contributed by atoms with Gasteiger partial charge in [-0.2, -0.15) is 13.2 Å². The van der Waals surface area contributed by atoms with Gasteiger partial charge in [-0.15, -0.1) is 11.3 Å². The van der Waals surface area contributed by atoms with Gasteiger partial charge in [-0.3, -0.25) is 4.79 Å². The molecule has 0 aliphatic heterocycles. The van der Waals surface area contributed by atoms with Crippen molar-refractivity contribution in [2.45, 2.75) is 25.4 Å². The predicted octanol–water partition coefficient (Wildman–Crippen LogP) is 4.32. The number of carbonyl (C=O) groups is 1. The molecule has 0 saturated heterocycles. The van der Waals surface area contributed by atoms with Crippen LogP contribution in [0.25, 0.3) is 11.1 Å². The average molecular weight is 311 g/mol. The summed E-state index contributed by atoms with van der Waals surface area (Å²) in [6.45, 7) is 0. The number of hydrogen-bond acceptors (Lipinski definition) is 3. The summed E-state index contributed by atoms with van der Waals surface area (Å²) in [5, 5.41) is 0.488. The Morgan fingerprint density at radius 1 is 1.24 bits per heavy atom. The highest BCUT2D eigenvalue weighted by Crippen LogP contribution is 2.45. The van der Waals surface area contributed by atoms with Crippen molar-refractivity contribution in [3.63, 3.8) is 0 Å². The fourth-order valence-electron chi connectivity index (χ4n) is 2.77. The summed E-state index contributed by atoms with van der Waals surface area (Å²) < 4.78 is 38.7. The third-order valence-electron chi connectivity index (χ3n) is 3.73. The van der Waals surface area contributed by atoms with Crippen LogP contribution in [0.15, 0.2) is 18.2 Å². The molecule has 1 aromatic carbocycles. The van der Waals surface area contributed by atoms with Crippen LogP contribution in [0, 0.1) is 0 Å². The van der Waals surface area contributed by atoms with E-state index < -0.39 is 11.7 Å². The molecule has 0 unspecified atom stereocenters. The van der Waals surface area contributed by atoms with E-state index >= 15 is 0 Å². The number of rotatable bonds is 2. The SMILES string of the molecule is Nc1sc2c(c1-c1cc(C(F)(F)F)ccc1C=O)CCC2. The van der Waals surface area contributed by atoms with Gasteiger partial charge in [0.1, 0.15) is 0 Å². The molecule has 2 aromatic rings. The van der Waals surface area contributed by atoms with Crippen molar-refractivity contribution in [2.24, 2.45) is 0 Å². The van der Waals surface area contributed by atoms with Gasteiger partial charge in [-0.25, -0.2) is 0 Å². The number of hydrogen-bond donors (Lipinski definition) is 1. The van der Waals surface area contributed by atoms with Crippen molar-refractivity contribution in [3.05, 3.63) is 39.8 Å². The van der Waals surface area contributed by atoms with E-state index in [4.69, 9.17) is 5.73 Å². The molecule has 0 amide bonds. The Hall–Kier alpha value is -1.82. The predicted molar refractivity (Wildman–Crippen MR) is 76.6 cm³/mol. The molecule has 6 heteroatoms. The number of nitrogen functional groups attached to an aromatic ring is 1. The van der Waals surface area contributed by atoms with Gasteiger partial charge in [0.2, 0.25) is 0 Å². The molecular weight excluding hydrogens is 299 g/mol. The van der Waals surface area contributed by atoms with E-state index in [1.807, 2.05) is 0 Å².